The fourth-order valence-electron chi connectivity index (χ4n) is 2.37. The Bertz CT molecular complexity index is 402. The molecule has 0 aliphatic heterocycles. The highest BCUT2D eigenvalue weighted by Gasteiger charge is 2.42. The maximum Gasteiger partial charge on any atom is 0.329 e. The summed E-state index contributed by atoms with van der Waals surface area (Å²) in [4.78, 5) is 11.2. The number of esters is 1. The number of carbonyl (C=O) groups is 1. The molecule has 0 saturated heterocycles. The molecule has 0 heterocycles. The van der Waals surface area contributed by atoms with Crippen LogP contribution in [-0.4, -0.2) is 46.0 Å². The summed E-state index contributed by atoms with van der Waals surface area (Å²) in [6, 6.07) is 0. The normalized spacial score (nSPS) is 13.9. The first-order valence-electron chi connectivity index (χ1n) is 7.47. The lowest BCUT2D eigenvalue weighted by molar-refractivity contribution is -0.136. The van der Waals surface area contributed by atoms with Gasteiger partial charge in [-0.15, -0.1) is 0 Å². The number of hydrogen-bond acceptors (Lipinski definition) is 5. The number of carbonyl (C=O) groups excluding carboxylic acids is 1. The van der Waals surface area contributed by atoms with Gasteiger partial charge in [-0.3, -0.25) is 0 Å². The molecule has 0 saturated carbocycles. The van der Waals surface area contributed by atoms with Crippen LogP contribution in [0.5, 0.6) is 0 Å². The van der Waals surface area contributed by atoms with Crippen molar-refractivity contribution in [2.24, 2.45) is 0 Å². The minimum absolute atomic E-state index is 0.300. The summed E-state index contributed by atoms with van der Waals surface area (Å²) in [7, 11) is -8.39. The Balaban J connectivity index is 4.73. The Morgan fingerprint density at radius 2 is 1.32 bits per heavy atom. The third-order valence-electron chi connectivity index (χ3n) is 2.29. The molecule has 0 radical (unpaired) electrons. The van der Waals surface area contributed by atoms with Crippen LogP contribution in [-0.2, 0) is 21.9 Å². The van der Waals surface area contributed by atoms with Gasteiger partial charge in [0, 0.05) is 6.08 Å². The van der Waals surface area contributed by atoms with E-state index in [0.29, 0.717) is 6.23 Å². The Hall–Kier alpha value is -0.0425. The second-order valence-electron chi connectivity index (χ2n) is 7.79. The van der Waals surface area contributed by atoms with Crippen LogP contribution in [0.25, 0.3) is 0 Å². The van der Waals surface area contributed by atoms with Gasteiger partial charge in [-0.2, -0.15) is 0 Å². The lowest BCUT2D eigenvalue weighted by atomic mass is 10.7. The zero-order chi connectivity index (χ0) is 17.8. The van der Waals surface area contributed by atoms with Crippen LogP contribution in [0.1, 0.15) is 0 Å². The molecule has 0 aliphatic rings. The van der Waals surface area contributed by atoms with E-state index >= 15 is 0 Å². The highest BCUT2D eigenvalue weighted by molar-refractivity contribution is 6.89. The molecule has 0 aromatic rings. The summed E-state index contributed by atoms with van der Waals surface area (Å²) in [5, 5.41) is 0. The van der Waals surface area contributed by atoms with E-state index in [0.717, 1.165) is 0 Å². The lowest BCUT2D eigenvalue weighted by Crippen LogP contribution is -2.57. The van der Waals surface area contributed by atoms with Gasteiger partial charge in [0.25, 0.3) is 0 Å². The van der Waals surface area contributed by atoms with E-state index in [-0.39, 0.29) is 0 Å². The quantitative estimate of drug-likeness (QED) is 0.346. The van der Waals surface area contributed by atoms with E-state index in [1.165, 1.54) is 6.08 Å². The molecule has 130 valence electrons. The van der Waals surface area contributed by atoms with Crippen molar-refractivity contribution >= 4 is 39.7 Å². The molecule has 0 atom stereocenters. The molecule has 0 rings (SSSR count). The number of rotatable bonds is 9. The van der Waals surface area contributed by atoms with E-state index in [9.17, 15) is 4.79 Å². The highest BCUT2D eigenvalue weighted by Crippen LogP contribution is 2.23. The smallest absolute Gasteiger partial charge is 0.329 e. The predicted molar refractivity (Wildman–Crippen MR) is 100 cm³/mol. The van der Waals surface area contributed by atoms with Crippen LogP contribution in [0.2, 0.25) is 58.9 Å². The summed E-state index contributed by atoms with van der Waals surface area (Å²) in [6.45, 7) is 22.1. The van der Waals surface area contributed by atoms with Gasteiger partial charge >= 0.3 is 23.1 Å². The Morgan fingerprint density at radius 1 is 0.864 bits per heavy atom. The van der Waals surface area contributed by atoms with Gasteiger partial charge in [0.1, 0.15) is 6.23 Å². The van der Waals surface area contributed by atoms with E-state index in [2.05, 4.69) is 39.3 Å². The maximum absolute atomic E-state index is 11.2. The van der Waals surface area contributed by atoms with Crippen LogP contribution in [0, 0.1) is 0 Å². The van der Waals surface area contributed by atoms with Crippen LogP contribution < -0.4 is 0 Å². The molecule has 0 aromatic heterocycles. The first-order chi connectivity index (χ1) is 9.58. The van der Waals surface area contributed by atoms with Crippen LogP contribution in [0.3, 0.4) is 0 Å². The van der Waals surface area contributed by atoms with Gasteiger partial charge in [0.05, 0.1) is 0 Å². The van der Waals surface area contributed by atoms with E-state index in [4.69, 9.17) is 17.1 Å². The summed E-state index contributed by atoms with van der Waals surface area (Å²) in [5.74, 6) is -0.415. The van der Waals surface area contributed by atoms with E-state index in [1.54, 1.807) is 0 Å². The highest BCUT2D eigenvalue weighted by atomic mass is 28.5. The zero-order valence-electron chi connectivity index (χ0n) is 15.5. The second-order valence-corrected chi connectivity index (χ2v) is 23.9. The molecule has 9 heteroatoms. The minimum atomic E-state index is -2.35. The van der Waals surface area contributed by atoms with E-state index in [1.807, 2.05) is 26.2 Å². The Kier molecular flexibility index (Phi) is 7.67. The summed E-state index contributed by atoms with van der Waals surface area (Å²) in [5.41, 5.74) is 0. The molecular formula is C13H32O5Si4. The fourth-order valence-corrected chi connectivity index (χ4v) is 20.1. The van der Waals surface area contributed by atoms with Crippen molar-refractivity contribution in [1.29, 1.82) is 0 Å². The molecule has 0 bridgehead atoms. The molecule has 0 aromatic carbocycles. The van der Waals surface area contributed by atoms with Crippen LogP contribution >= 0.6 is 0 Å². The van der Waals surface area contributed by atoms with Crippen LogP contribution in [0.4, 0.5) is 0 Å². The van der Waals surface area contributed by atoms with Gasteiger partial charge in [0.15, 0.2) is 8.32 Å². The van der Waals surface area contributed by atoms with Crippen molar-refractivity contribution in [3.63, 3.8) is 0 Å². The minimum Gasteiger partial charge on any atom is -0.463 e. The molecule has 22 heavy (non-hydrogen) atoms. The molecule has 0 unspecified atom stereocenters. The Morgan fingerprint density at radius 3 is 1.73 bits per heavy atom. The Labute approximate surface area is 139 Å². The van der Waals surface area contributed by atoms with Gasteiger partial charge in [0.2, 0.25) is 8.32 Å². The maximum atomic E-state index is 11.2. The zero-order valence-corrected chi connectivity index (χ0v) is 19.5. The van der Waals surface area contributed by atoms with Crippen molar-refractivity contribution in [3.8, 4) is 0 Å². The number of hydrogen-bond donors (Lipinski definition) is 0. The topological polar surface area (TPSA) is 54.0 Å². The largest absolute Gasteiger partial charge is 0.463 e. The number of ether oxygens (including phenoxy) is 1. The predicted octanol–water partition coefficient (Wildman–Crippen LogP) is 3.75. The molecule has 0 aliphatic carbocycles. The monoisotopic (exact) mass is 380 g/mol. The van der Waals surface area contributed by atoms with Gasteiger partial charge in [-0.25, -0.2) is 4.79 Å². The van der Waals surface area contributed by atoms with Crippen molar-refractivity contribution in [2.75, 3.05) is 6.23 Å². The average molecular weight is 381 g/mol. The fraction of sp³-hybridized carbons (Fsp3) is 0.769. The second kappa shape index (κ2) is 7.69. The summed E-state index contributed by atoms with van der Waals surface area (Å²) < 4.78 is 24.0. The first-order valence-corrected chi connectivity index (χ1v) is 19.6. The van der Waals surface area contributed by atoms with Crippen molar-refractivity contribution < 1.29 is 21.9 Å². The molecule has 0 amide bonds. The molecular weight excluding hydrogens is 348 g/mol. The standard InChI is InChI=1S/C13H32O5Si4/c1-11-13(14)15-12-20(5,6)17-22(9,10)18-21(7,8)16-19(2,3)4/h11H,1,12H2,2-10H3. The molecule has 5 nitrogen and oxygen atoms in total. The third-order valence-corrected chi connectivity index (χ3v) is 15.7. The van der Waals surface area contributed by atoms with Crippen molar-refractivity contribution in [2.45, 2.75) is 58.9 Å². The average Bonchev–Trinajstić information content (AvgIpc) is 2.18. The lowest BCUT2D eigenvalue weighted by Gasteiger charge is -2.40. The third kappa shape index (κ3) is 10.6. The molecule has 0 spiro atoms. The SMILES string of the molecule is C=CC(=O)OC[Si](C)(C)O[Si](C)(C)O[Si](C)(C)O[Si](C)(C)C. The molecule has 0 N–H and O–H groups in total. The summed E-state index contributed by atoms with van der Waals surface area (Å²) in [6.07, 6.45) is 1.47. The van der Waals surface area contributed by atoms with E-state index < -0.39 is 39.7 Å². The van der Waals surface area contributed by atoms with Gasteiger partial charge in [-0.1, -0.05) is 6.58 Å². The van der Waals surface area contributed by atoms with Crippen molar-refractivity contribution in [1.82, 2.24) is 0 Å². The van der Waals surface area contributed by atoms with Crippen molar-refractivity contribution in [3.05, 3.63) is 12.7 Å². The summed E-state index contributed by atoms with van der Waals surface area (Å²) >= 11 is 0. The van der Waals surface area contributed by atoms with Gasteiger partial charge in [-0.05, 0) is 58.9 Å². The molecule has 0 fully saturated rings. The first kappa shape index (κ1) is 22.0. The van der Waals surface area contributed by atoms with Gasteiger partial charge < -0.3 is 17.1 Å². The van der Waals surface area contributed by atoms with Crippen LogP contribution in [0.15, 0.2) is 12.7 Å².